The van der Waals surface area contributed by atoms with Gasteiger partial charge in [0.1, 0.15) is 5.78 Å². The summed E-state index contributed by atoms with van der Waals surface area (Å²) >= 11 is 0. The first-order valence-electron chi connectivity index (χ1n) is 12.6. The molecule has 30 heavy (non-hydrogen) atoms. The molecule has 8 bridgehead atoms. The molecule has 0 radical (unpaired) electrons. The molecule has 0 aliphatic heterocycles. The normalized spacial score (nSPS) is 47.5. The number of Topliss-reactive ketones (excluding diaryl/α,β-unsaturated/α-hetero) is 2. The zero-order valence-corrected chi connectivity index (χ0v) is 18.2. The standard InChI is InChI=1S/C26H36O4/c27-22(25-9-16-3-17(10-25)5-18(4-16)11-25)1-2-24(29)30-15-23(28)26-12-19-6-20(13-26)8-21(7-19)14-26/h16-21H,1-15H2. The summed E-state index contributed by atoms with van der Waals surface area (Å²) in [6, 6.07) is 0. The van der Waals surface area contributed by atoms with Crippen molar-refractivity contribution in [1.82, 2.24) is 0 Å². The third-order valence-corrected chi connectivity index (χ3v) is 10.2. The van der Waals surface area contributed by atoms with Gasteiger partial charge in [-0.1, -0.05) is 0 Å². The van der Waals surface area contributed by atoms with Crippen molar-refractivity contribution in [2.24, 2.45) is 46.3 Å². The van der Waals surface area contributed by atoms with Crippen LogP contribution in [0.2, 0.25) is 0 Å². The average Bonchev–Trinajstić information content (AvgIpc) is 2.68. The molecule has 8 aliphatic carbocycles. The van der Waals surface area contributed by atoms with Crippen LogP contribution in [0.15, 0.2) is 0 Å². The highest BCUT2D eigenvalue weighted by Gasteiger charge is 2.55. The molecule has 0 amide bonds. The molecule has 8 fully saturated rings. The number of hydrogen-bond donors (Lipinski definition) is 0. The van der Waals surface area contributed by atoms with Gasteiger partial charge in [0.05, 0.1) is 6.42 Å². The average molecular weight is 413 g/mol. The van der Waals surface area contributed by atoms with E-state index in [-0.39, 0.29) is 35.6 Å². The van der Waals surface area contributed by atoms with E-state index in [0.29, 0.717) is 30.0 Å². The molecule has 4 heteroatoms. The van der Waals surface area contributed by atoms with E-state index in [1.54, 1.807) is 0 Å². The monoisotopic (exact) mass is 412 g/mol. The van der Waals surface area contributed by atoms with Crippen molar-refractivity contribution < 1.29 is 19.1 Å². The van der Waals surface area contributed by atoms with Gasteiger partial charge >= 0.3 is 5.97 Å². The van der Waals surface area contributed by atoms with Gasteiger partial charge in [-0.15, -0.1) is 0 Å². The third-order valence-electron chi connectivity index (χ3n) is 10.2. The van der Waals surface area contributed by atoms with Crippen LogP contribution in [0.1, 0.15) is 89.9 Å². The number of carbonyl (C=O) groups excluding carboxylic acids is 3. The minimum absolute atomic E-state index is 0.0729. The zero-order valence-electron chi connectivity index (χ0n) is 18.2. The Hall–Kier alpha value is -1.19. The number of rotatable bonds is 7. The third kappa shape index (κ3) is 3.19. The van der Waals surface area contributed by atoms with Gasteiger partial charge in [0.15, 0.2) is 12.4 Å². The van der Waals surface area contributed by atoms with Crippen LogP contribution in [0, 0.1) is 46.3 Å². The maximum absolute atomic E-state index is 13.1. The van der Waals surface area contributed by atoms with Crippen LogP contribution >= 0.6 is 0 Å². The number of carbonyl (C=O) groups is 3. The summed E-state index contributed by atoms with van der Waals surface area (Å²) < 4.78 is 5.42. The van der Waals surface area contributed by atoms with Gasteiger partial charge in [-0.05, 0) is 113 Å². The van der Waals surface area contributed by atoms with Crippen molar-refractivity contribution in [3.63, 3.8) is 0 Å². The molecule has 0 unspecified atom stereocenters. The molecule has 0 aromatic rings. The number of hydrogen-bond acceptors (Lipinski definition) is 4. The molecule has 8 saturated carbocycles. The summed E-state index contributed by atoms with van der Waals surface area (Å²) in [6.07, 6.45) is 14.5. The van der Waals surface area contributed by atoms with Crippen molar-refractivity contribution in [3.05, 3.63) is 0 Å². The Morgan fingerprint density at radius 2 is 0.933 bits per heavy atom. The van der Waals surface area contributed by atoms with Gasteiger partial charge in [0.2, 0.25) is 0 Å². The summed E-state index contributed by atoms with van der Waals surface area (Å²) in [4.78, 5) is 38.5. The maximum atomic E-state index is 13.1. The summed E-state index contributed by atoms with van der Waals surface area (Å²) in [5.41, 5.74) is -0.339. The maximum Gasteiger partial charge on any atom is 0.306 e. The van der Waals surface area contributed by atoms with Crippen LogP contribution in [0.5, 0.6) is 0 Å². The van der Waals surface area contributed by atoms with E-state index in [1.165, 1.54) is 38.5 Å². The molecule has 0 spiro atoms. The molecule has 0 aromatic heterocycles. The van der Waals surface area contributed by atoms with E-state index >= 15 is 0 Å². The number of ether oxygens (including phenoxy) is 1. The molecule has 164 valence electrons. The molecular formula is C26H36O4. The fraction of sp³-hybridized carbons (Fsp3) is 0.885. The lowest BCUT2D eigenvalue weighted by Crippen LogP contribution is -2.51. The van der Waals surface area contributed by atoms with E-state index < -0.39 is 0 Å². The summed E-state index contributed by atoms with van der Waals surface area (Å²) in [6.45, 7) is -0.0729. The molecule has 0 aromatic carbocycles. The van der Waals surface area contributed by atoms with Crippen LogP contribution in [0.4, 0.5) is 0 Å². The highest BCUT2D eigenvalue weighted by atomic mass is 16.5. The first-order valence-corrected chi connectivity index (χ1v) is 12.6. The number of ketones is 2. The predicted octanol–water partition coefficient (Wildman–Crippen LogP) is 4.88. The lowest BCUT2D eigenvalue weighted by molar-refractivity contribution is -0.158. The van der Waals surface area contributed by atoms with Crippen LogP contribution in [0.25, 0.3) is 0 Å². The smallest absolute Gasteiger partial charge is 0.306 e. The molecule has 0 atom stereocenters. The van der Waals surface area contributed by atoms with E-state index in [4.69, 9.17) is 4.74 Å². The van der Waals surface area contributed by atoms with Gasteiger partial charge in [-0.2, -0.15) is 0 Å². The Morgan fingerprint density at radius 3 is 1.33 bits per heavy atom. The fourth-order valence-electron chi connectivity index (χ4n) is 9.76. The predicted molar refractivity (Wildman–Crippen MR) is 111 cm³/mol. The first-order chi connectivity index (χ1) is 14.4. The summed E-state index contributed by atoms with van der Waals surface area (Å²) in [5, 5.41) is 0. The van der Waals surface area contributed by atoms with Crippen molar-refractivity contribution in [2.45, 2.75) is 89.9 Å². The zero-order chi connectivity index (χ0) is 20.5. The molecule has 8 aliphatic rings. The Labute approximate surface area is 179 Å². The first kappa shape index (κ1) is 19.5. The fourth-order valence-corrected chi connectivity index (χ4v) is 9.76. The quantitative estimate of drug-likeness (QED) is 0.559. The largest absolute Gasteiger partial charge is 0.458 e. The highest BCUT2D eigenvalue weighted by molar-refractivity contribution is 5.90. The van der Waals surface area contributed by atoms with Crippen molar-refractivity contribution in [3.8, 4) is 0 Å². The Kier molecular flexibility index (Phi) is 4.49. The molecule has 0 N–H and O–H groups in total. The van der Waals surface area contributed by atoms with E-state index in [2.05, 4.69) is 0 Å². The van der Waals surface area contributed by atoms with Crippen molar-refractivity contribution in [2.75, 3.05) is 6.61 Å². The van der Waals surface area contributed by atoms with Gasteiger partial charge < -0.3 is 4.74 Å². The Balaban J connectivity index is 1.01. The molecule has 8 rings (SSSR count). The second kappa shape index (κ2) is 6.90. The van der Waals surface area contributed by atoms with Crippen LogP contribution in [0.3, 0.4) is 0 Å². The SMILES string of the molecule is O=C(CCC(=O)C12CC3CC(CC(C3)C1)C2)OCC(=O)C12CC3CC(CC(C3)C1)C2. The molecule has 0 heterocycles. The lowest BCUT2D eigenvalue weighted by Gasteiger charge is -2.56. The van der Waals surface area contributed by atoms with Gasteiger partial charge in [0.25, 0.3) is 0 Å². The van der Waals surface area contributed by atoms with E-state index in [0.717, 1.165) is 56.3 Å². The van der Waals surface area contributed by atoms with E-state index in [9.17, 15) is 14.4 Å². The number of esters is 1. The van der Waals surface area contributed by atoms with Gasteiger partial charge in [-0.3, -0.25) is 14.4 Å². The minimum Gasteiger partial charge on any atom is -0.458 e. The Morgan fingerprint density at radius 1 is 0.567 bits per heavy atom. The van der Waals surface area contributed by atoms with Crippen LogP contribution in [-0.4, -0.2) is 24.1 Å². The van der Waals surface area contributed by atoms with Crippen molar-refractivity contribution >= 4 is 17.5 Å². The molecular weight excluding hydrogens is 376 g/mol. The lowest BCUT2D eigenvalue weighted by atomic mass is 9.48. The van der Waals surface area contributed by atoms with Gasteiger partial charge in [0, 0.05) is 17.3 Å². The van der Waals surface area contributed by atoms with Crippen LogP contribution in [-0.2, 0) is 19.1 Å². The summed E-state index contributed by atoms with van der Waals surface area (Å²) in [5.74, 6) is 4.47. The van der Waals surface area contributed by atoms with Gasteiger partial charge in [-0.25, -0.2) is 0 Å². The minimum atomic E-state index is -0.355. The second-order valence-electron chi connectivity index (χ2n) is 12.4. The van der Waals surface area contributed by atoms with Crippen LogP contribution < -0.4 is 0 Å². The van der Waals surface area contributed by atoms with Crippen molar-refractivity contribution in [1.29, 1.82) is 0 Å². The topological polar surface area (TPSA) is 60.4 Å². The van der Waals surface area contributed by atoms with E-state index in [1.807, 2.05) is 0 Å². The molecule has 0 saturated heterocycles. The highest BCUT2D eigenvalue weighted by Crippen LogP contribution is 2.61. The second-order valence-corrected chi connectivity index (χ2v) is 12.4. The molecule has 4 nitrogen and oxygen atoms in total. The summed E-state index contributed by atoms with van der Waals surface area (Å²) in [7, 11) is 0. The Bertz CT molecular complexity index is 632.